The maximum Gasteiger partial charge on any atom is 0.195 e. The smallest absolute Gasteiger partial charge is 0.195 e. The van der Waals surface area contributed by atoms with Crippen LogP contribution in [0.4, 0.5) is 5.82 Å². The van der Waals surface area contributed by atoms with E-state index in [1.54, 1.807) is 12.6 Å². The van der Waals surface area contributed by atoms with E-state index in [-0.39, 0.29) is 18.8 Å². The third-order valence-electron chi connectivity index (χ3n) is 4.18. The van der Waals surface area contributed by atoms with Gasteiger partial charge in [0, 0.05) is 18.7 Å². The normalized spacial score (nSPS) is 26.1. The Kier molecular flexibility index (Phi) is 2.85. The Morgan fingerprint density at radius 3 is 2.90 bits per heavy atom. The Labute approximate surface area is 116 Å². The second kappa shape index (κ2) is 4.71. The molecule has 2 fully saturated rings. The monoisotopic (exact) mass is 275 g/mol. The van der Waals surface area contributed by atoms with Crippen LogP contribution in [-0.2, 0) is 4.74 Å². The number of aromatic nitrogens is 2. The SMILES string of the molecule is OC[C@@H]1CC[C@H](c2coc3c(N4CCC4)ncnc23)O1. The molecule has 0 saturated carbocycles. The molecular formula is C14H17N3O3. The van der Waals surface area contributed by atoms with E-state index in [0.717, 1.165) is 48.4 Å². The molecule has 2 atom stereocenters. The minimum Gasteiger partial charge on any atom is -0.458 e. The molecule has 0 aliphatic carbocycles. The third-order valence-corrected chi connectivity index (χ3v) is 4.18. The number of aliphatic hydroxyl groups is 1. The molecule has 0 radical (unpaired) electrons. The molecule has 4 heterocycles. The van der Waals surface area contributed by atoms with Crippen molar-refractivity contribution in [2.24, 2.45) is 0 Å². The van der Waals surface area contributed by atoms with E-state index in [1.807, 2.05) is 0 Å². The fourth-order valence-corrected chi connectivity index (χ4v) is 2.91. The molecular weight excluding hydrogens is 258 g/mol. The number of ether oxygens (including phenoxy) is 1. The van der Waals surface area contributed by atoms with E-state index < -0.39 is 0 Å². The van der Waals surface area contributed by atoms with Crippen molar-refractivity contribution in [2.75, 3.05) is 24.6 Å². The second-order valence-corrected chi connectivity index (χ2v) is 5.41. The van der Waals surface area contributed by atoms with Crippen molar-refractivity contribution in [3.05, 3.63) is 18.2 Å². The van der Waals surface area contributed by atoms with Gasteiger partial charge in [0.05, 0.1) is 25.1 Å². The van der Waals surface area contributed by atoms with Crippen molar-refractivity contribution in [2.45, 2.75) is 31.5 Å². The first kappa shape index (κ1) is 12.1. The second-order valence-electron chi connectivity index (χ2n) is 5.41. The van der Waals surface area contributed by atoms with Crippen LogP contribution in [0.15, 0.2) is 17.0 Å². The summed E-state index contributed by atoms with van der Waals surface area (Å²) in [6.45, 7) is 2.11. The lowest BCUT2D eigenvalue weighted by molar-refractivity contribution is 0.0112. The predicted octanol–water partition coefficient (Wildman–Crippen LogP) is 1.65. The molecule has 106 valence electrons. The zero-order chi connectivity index (χ0) is 13.5. The molecule has 0 amide bonds. The molecule has 4 rings (SSSR count). The Balaban J connectivity index is 1.71. The van der Waals surface area contributed by atoms with Crippen molar-refractivity contribution in [1.29, 1.82) is 0 Å². The van der Waals surface area contributed by atoms with Crippen molar-refractivity contribution >= 4 is 16.9 Å². The summed E-state index contributed by atoms with van der Waals surface area (Å²) in [7, 11) is 0. The number of hydrogen-bond donors (Lipinski definition) is 1. The fraction of sp³-hybridized carbons (Fsp3) is 0.571. The van der Waals surface area contributed by atoms with Crippen molar-refractivity contribution < 1.29 is 14.3 Å². The highest BCUT2D eigenvalue weighted by atomic mass is 16.5. The lowest BCUT2D eigenvalue weighted by atomic mass is 10.1. The van der Waals surface area contributed by atoms with Crippen LogP contribution in [0.1, 0.15) is 30.9 Å². The van der Waals surface area contributed by atoms with E-state index in [1.165, 1.54) is 6.42 Å². The van der Waals surface area contributed by atoms with Gasteiger partial charge in [-0.25, -0.2) is 9.97 Å². The van der Waals surface area contributed by atoms with Gasteiger partial charge < -0.3 is 19.2 Å². The maximum absolute atomic E-state index is 9.17. The van der Waals surface area contributed by atoms with Crippen LogP contribution in [-0.4, -0.2) is 40.9 Å². The quantitative estimate of drug-likeness (QED) is 0.918. The Hall–Kier alpha value is -1.66. The van der Waals surface area contributed by atoms with E-state index in [0.29, 0.717) is 0 Å². The minimum atomic E-state index is -0.0679. The molecule has 0 spiro atoms. The average Bonchev–Trinajstić information content (AvgIpc) is 3.02. The number of aliphatic hydroxyl groups excluding tert-OH is 1. The summed E-state index contributed by atoms with van der Waals surface area (Å²) in [4.78, 5) is 10.9. The molecule has 0 bridgehead atoms. The minimum absolute atomic E-state index is 0.0347. The summed E-state index contributed by atoms with van der Waals surface area (Å²) in [5.74, 6) is 0.879. The number of nitrogens with zero attached hydrogens (tertiary/aromatic N) is 3. The van der Waals surface area contributed by atoms with Gasteiger partial charge in [0.25, 0.3) is 0 Å². The summed E-state index contributed by atoms with van der Waals surface area (Å²) in [6, 6.07) is 0. The first-order chi connectivity index (χ1) is 9.86. The van der Waals surface area contributed by atoms with E-state index in [2.05, 4.69) is 14.9 Å². The van der Waals surface area contributed by atoms with Crippen LogP contribution >= 0.6 is 0 Å². The zero-order valence-corrected chi connectivity index (χ0v) is 11.2. The van der Waals surface area contributed by atoms with Crippen LogP contribution in [0.25, 0.3) is 11.1 Å². The molecule has 6 heteroatoms. The summed E-state index contributed by atoms with van der Waals surface area (Å²) in [5.41, 5.74) is 2.56. The first-order valence-corrected chi connectivity index (χ1v) is 7.10. The molecule has 2 aromatic heterocycles. The van der Waals surface area contributed by atoms with Gasteiger partial charge in [0.15, 0.2) is 11.4 Å². The largest absolute Gasteiger partial charge is 0.458 e. The predicted molar refractivity (Wildman–Crippen MR) is 72.6 cm³/mol. The molecule has 0 unspecified atom stereocenters. The molecule has 20 heavy (non-hydrogen) atoms. The van der Waals surface area contributed by atoms with Crippen molar-refractivity contribution in [1.82, 2.24) is 9.97 Å². The van der Waals surface area contributed by atoms with E-state index in [4.69, 9.17) is 9.15 Å². The number of fused-ring (bicyclic) bond motifs is 1. The van der Waals surface area contributed by atoms with E-state index in [9.17, 15) is 5.11 Å². The van der Waals surface area contributed by atoms with Gasteiger partial charge in [0.1, 0.15) is 11.8 Å². The summed E-state index contributed by atoms with van der Waals surface area (Å²) in [6.07, 6.45) is 6.18. The van der Waals surface area contributed by atoms with Crippen LogP contribution in [0.3, 0.4) is 0 Å². The molecule has 6 nitrogen and oxygen atoms in total. The molecule has 2 aliphatic rings. The molecule has 0 aromatic carbocycles. The van der Waals surface area contributed by atoms with Crippen molar-refractivity contribution in [3.63, 3.8) is 0 Å². The third kappa shape index (κ3) is 1.79. The Bertz CT molecular complexity index is 623. The Morgan fingerprint density at radius 1 is 1.30 bits per heavy atom. The van der Waals surface area contributed by atoms with Gasteiger partial charge in [-0.2, -0.15) is 0 Å². The Morgan fingerprint density at radius 2 is 2.20 bits per heavy atom. The summed E-state index contributed by atoms with van der Waals surface area (Å²) in [5, 5.41) is 9.17. The highest BCUT2D eigenvalue weighted by Crippen LogP contribution is 2.38. The van der Waals surface area contributed by atoms with Gasteiger partial charge >= 0.3 is 0 Å². The molecule has 2 aliphatic heterocycles. The number of hydrogen-bond acceptors (Lipinski definition) is 6. The van der Waals surface area contributed by atoms with Crippen LogP contribution in [0.2, 0.25) is 0 Å². The average molecular weight is 275 g/mol. The van der Waals surface area contributed by atoms with E-state index >= 15 is 0 Å². The van der Waals surface area contributed by atoms with Crippen LogP contribution < -0.4 is 4.90 Å². The van der Waals surface area contributed by atoms with Crippen LogP contribution in [0.5, 0.6) is 0 Å². The highest BCUT2D eigenvalue weighted by molar-refractivity contribution is 5.86. The summed E-state index contributed by atoms with van der Waals surface area (Å²) < 4.78 is 11.5. The first-order valence-electron chi connectivity index (χ1n) is 7.10. The molecule has 1 N–H and O–H groups in total. The highest BCUT2D eigenvalue weighted by Gasteiger charge is 2.30. The van der Waals surface area contributed by atoms with Gasteiger partial charge in [-0.15, -0.1) is 0 Å². The number of rotatable bonds is 3. The van der Waals surface area contributed by atoms with Gasteiger partial charge in [-0.3, -0.25) is 0 Å². The van der Waals surface area contributed by atoms with Gasteiger partial charge in [0.2, 0.25) is 0 Å². The fourth-order valence-electron chi connectivity index (χ4n) is 2.91. The van der Waals surface area contributed by atoms with Crippen LogP contribution in [0, 0.1) is 0 Å². The van der Waals surface area contributed by atoms with Gasteiger partial charge in [-0.05, 0) is 19.3 Å². The molecule has 2 saturated heterocycles. The lowest BCUT2D eigenvalue weighted by Gasteiger charge is -2.31. The van der Waals surface area contributed by atoms with Gasteiger partial charge in [-0.1, -0.05) is 0 Å². The number of anilines is 1. The summed E-state index contributed by atoms with van der Waals surface area (Å²) >= 11 is 0. The zero-order valence-electron chi connectivity index (χ0n) is 11.2. The van der Waals surface area contributed by atoms with Crippen molar-refractivity contribution in [3.8, 4) is 0 Å². The molecule has 2 aromatic rings. The standard InChI is InChI=1S/C14H17N3O3/c18-6-9-2-3-11(20-9)10-7-19-13-12(10)15-8-16-14(13)17-4-1-5-17/h7-9,11,18H,1-6H2/t9-,11+/m0/s1. The maximum atomic E-state index is 9.17. The topological polar surface area (TPSA) is 71.6 Å². The lowest BCUT2D eigenvalue weighted by Crippen LogP contribution is -2.37. The number of furan rings is 1.